The van der Waals surface area contributed by atoms with Crippen LogP contribution in [0.2, 0.25) is 0 Å². The van der Waals surface area contributed by atoms with Gasteiger partial charge in [-0.1, -0.05) is 19.1 Å². The molecule has 1 N–H and O–H groups in total. The molecule has 0 radical (unpaired) electrons. The first-order valence-corrected chi connectivity index (χ1v) is 6.34. The van der Waals surface area contributed by atoms with Crippen LogP contribution in [-0.2, 0) is 16.0 Å². The summed E-state index contributed by atoms with van der Waals surface area (Å²) < 4.78 is 0. The van der Waals surface area contributed by atoms with Gasteiger partial charge in [0.25, 0.3) is 5.91 Å². The fourth-order valence-corrected chi connectivity index (χ4v) is 1.91. The van der Waals surface area contributed by atoms with Crippen molar-refractivity contribution in [3.05, 3.63) is 29.8 Å². The molecule has 19 heavy (non-hydrogen) atoms. The van der Waals surface area contributed by atoms with Crippen LogP contribution in [0.5, 0.6) is 0 Å². The minimum atomic E-state index is -0.243. The molecule has 0 atom stereocenters. The highest BCUT2D eigenvalue weighted by Crippen LogP contribution is 2.13. The summed E-state index contributed by atoms with van der Waals surface area (Å²) in [5.74, 6) is -0.308. The molecule has 1 heterocycles. The third kappa shape index (κ3) is 3.19. The quantitative estimate of drug-likeness (QED) is 0.899. The number of aryl methyl sites for hydroxylation is 1. The smallest absolute Gasteiger partial charge is 0.271 e. The lowest BCUT2D eigenvalue weighted by Gasteiger charge is -2.19. The van der Waals surface area contributed by atoms with Crippen molar-refractivity contribution in [3.8, 4) is 0 Å². The van der Waals surface area contributed by atoms with Crippen molar-refractivity contribution in [1.82, 2.24) is 5.01 Å². The Hall–Kier alpha value is -2.17. The van der Waals surface area contributed by atoms with Gasteiger partial charge in [-0.3, -0.25) is 9.59 Å². The van der Waals surface area contributed by atoms with Crippen LogP contribution >= 0.6 is 0 Å². The summed E-state index contributed by atoms with van der Waals surface area (Å²) in [6.07, 6.45) is 1.64. The second kappa shape index (κ2) is 5.65. The molecule has 0 aliphatic carbocycles. The minimum absolute atomic E-state index is 0.0652. The van der Waals surface area contributed by atoms with Crippen LogP contribution in [0.15, 0.2) is 29.4 Å². The number of hydrogen-bond acceptors (Lipinski definition) is 3. The van der Waals surface area contributed by atoms with Crippen LogP contribution in [0.4, 0.5) is 5.69 Å². The van der Waals surface area contributed by atoms with Gasteiger partial charge in [-0.2, -0.15) is 5.10 Å². The number of carbonyl (C=O) groups is 2. The molecular formula is C14H17N3O2. The summed E-state index contributed by atoms with van der Waals surface area (Å²) in [4.78, 5) is 23.3. The van der Waals surface area contributed by atoms with Crippen LogP contribution in [0.25, 0.3) is 0 Å². The molecule has 1 aliphatic heterocycles. The standard InChI is InChI=1S/C14H17N3O2/c1-3-10-5-4-6-11(9-10)15-14(19)12-7-8-13(18)17(2)16-12/h4-6,9H,3,7-8H2,1-2H3,(H,15,19). The zero-order chi connectivity index (χ0) is 13.8. The van der Waals surface area contributed by atoms with Gasteiger partial charge in [0.1, 0.15) is 5.71 Å². The SMILES string of the molecule is CCc1cccc(NC(=O)C2=NN(C)C(=O)CC2)c1. The number of amides is 2. The van der Waals surface area contributed by atoms with E-state index in [1.807, 2.05) is 24.3 Å². The Morgan fingerprint density at radius 1 is 1.42 bits per heavy atom. The van der Waals surface area contributed by atoms with E-state index in [0.29, 0.717) is 18.6 Å². The Labute approximate surface area is 112 Å². The number of carbonyl (C=O) groups excluding carboxylic acids is 2. The van der Waals surface area contributed by atoms with Gasteiger partial charge in [0.2, 0.25) is 5.91 Å². The highest BCUT2D eigenvalue weighted by Gasteiger charge is 2.21. The van der Waals surface area contributed by atoms with Gasteiger partial charge in [0, 0.05) is 25.6 Å². The molecule has 1 aromatic carbocycles. The molecular weight excluding hydrogens is 242 g/mol. The highest BCUT2D eigenvalue weighted by atomic mass is 16.2. The largest absolute Gasteiger partial charge is 0.321 e. The Morgan fingerprint density at radius 3 is 2.89 bits per heavy atom. The monoisotopic (exact) mass is 259 g/mol. The van der Waals surface area contributed by atoms with Gasteiger partial charge >= 0.3 is 0 Å². The zero-order valence-electron chi connectivity index (χ0n) is 11.1. The average Bonchev–Trinajstić information content (AvgIpc) is 2.42. The second-order valence-corrected chi connectivity index (χ2v) is 4.47. The Balaban J connectivity index is 2.09. The molecule has 1 aromatic rings. The fourth-order valence-electron chi connectivity index (χ4n) is 1.91. The van der Waals surface area contributed by atoms with E-state index in [4.69, 9.17) is 0 Å². The van der Waals surface area contributed by atoms with E-state index in [1.165, 1.54) is 5.01 Å². The number of benzene rings is 1. The van der Waals surface area contributed by atoms with E-state index in [2.05, 4.69) is 17.3 Å². The number of hydrazone groups is 1. The molecule has 5 heteroatoms. The normalized spacial score (nSPS) is 15.2. The Bertz CT molecular complexity index is 537. The first kappa shape index (κ1) is 13.3. The predicted octanol–water partition coefficient (Wildman–Crippen LogP) is 1.80. The third-order valence-electron chi connectivity index (χ3n) is 3.06. The number of hydrogen-bond donors (Lipinski definition) is 1. The lowest BCUT2D eigenvalue weighted by molar-refractivity contribution is -0.130. The first-order valence-electron chi connectivity index (χ1n) is 6.34. The van der Waals surface area contributed by atoms with Crippen LogP contribution in [0, 0.1) is 0 Å². The molecule has 0 saturated carbocycles. The topological polar surface area (TPSA) is 61.8 Å². The van der Waals surface area contributed by atoms with Crippen LogP contribution < -0.4 is 5.32 Å². The maximum Gasteiger partial charge on any atom is 0.271 e. The van der Waals surface area contributed by atoms with Gasteiger partial charge < -0.3 is 5.32 Å². The van der Waals surface area contributed by atoms with Crippen LogP contribution in [0.3, 0.4) is 0 Å². The van der Waals surface area contributed by atoms with E-state index in [0.717, 1.165) is 17.7 Å². The minimum Gasteiger partial charge on any atom is -0.321 e. The Kier molecular flexibility index (Phi) is 3.94. The van der Waals surface area contributed by atoms with E-state index in [1.54, 1.807) is 7.05 Å². The molecule has 0 fully saturated rings. The van der Waals surface area contributed by atoms with E-state index in [-0.39, 0.29) is 11.8 Å². The van der Waals surface area contributed by atoms with Gasteiger partial charge in [0.05, 0.1) is 0 Å². The van der Waals surface area contributed by atoms with Gasteiger partial charge in [-0.15, -0.1) is 0 Å². The summed E-state index contributed by atoms with van der Waals surface area (Å²) in [6, 6.07) is 7.71. The van der Waals surface area contributed by atoms with Crippen molar-refractivity contribution in [3.63, 3.8) is 0 Å². The van der Waals surface area contributed by atoms with Gasteiger partial charge in [-0.05, 0) is 24.1 Å². The maximum atomic E-state index is 12.0. The number of nitrogens with one attached hydrogen (secondary N) is 1. The van der Waals surface area contributed by atoms with Crippen molar-refractivity contribution in [2.45, 2.75) is 26.2 Å². The Morgan fingerprint density at radius 2 is 2.21 bits per heavy atom. The number of nitrogens with zero attached hydrogens (tertiary/aromatic N) is 2. The van der Waals surface area contributed by atoms with E-state index >= 15 is 0 Å². The van der Waals surface area contributed by atoms with Crippen LogP contribution in [0.1, 0.15) is 25.3 Å². The molecule has 1 aliphatic rings. The molecule has 2 rings (SSSR count). The zero-order valence-corrected chi connectivity index (χ0v) is 11.1. The van der Waals surface area contributed by atoms with Crippen LogP contribution in [-0.4, -0.2) is 29.6 Å². The average molecular weight is 259 g/mol. The van der Waals surface area contributed by atoms with Crippen molar-refractivity contribution in [2.24, 2.45) is 5.10 Å². The third-order valence-corrected chi connectivity index (χ3v) is 3.06. The van der Waals surface area contributed by atoms with Crippen molar-refractivity contribution >= 4 is 23.2 Å². The summed E-state index contributed by atoms with van der Waals surface area (Å²) in [5.41, 5.74) is 2.31. The second-order valence-electron chi connectivity index (χ2n) is 4.47. The number of rotatable bonds is 3. The summed E-state index contributed by atoms with van der Waals surface area (Å²) >= 11 is 0. The van der Waals surface area contributed by atoms with Crippen molar-refractivity contribution < 1.29 is 9.59 Å². The predicted molar refractivity (Wildman–Crippen MR) is 73.9 cm³/mol. The summed E-state index contributed by atoms with van der Waals surface area (Å²) in [7, 11) is 1.56. The maximum absolute atomic E-state index is 12.0. The molecule has 5 nitrogen and oxygen atoms in total. The van der Waals surface area contributed by atoms with Gasteiger partial charge in [-0.25, -0.2) is 5.01 Å². The molecule has 0 unspecified atom stereocenters. The van der Waals surface area contributed by atoms with Crippen molar-refractivity contribution in [1.29, 1.82) is 0 Å². The molecule has 0 bridgehead atoms. The molecule has 0 aromatic heterocycles. The summed E-state index contributed by atoms with van der Waals surface area (Å²) in [5, 5.41) is 8.03. The lowest BCUT2D eigenvalue weighted by Crippen LogP contribution is -2.34. The number of anilines is 1. The van der Waals surface area contributed by atoms with Gasteiger partial charge in [0.15, 0.2) is 0 Å². The van der Waals surface area contributed by atoms with Crippen molar-refractivity contribution in [2.75, 3.05) is 12.4 Å². The molecule has 100 valence electrons. The fraction of sp³-hybridized carbons (Fsp3) is 0.357. The molecule has 2 amide bonds. The molecule has 0 spiro atoms. The highest BCUT2D eigenvalue weighted by molar-refractivity contribution is 6.43. The molecule has 0 saturated heterocycles. The lowest BCUT2D eigenvalue weighted by atomic mass is 10.1. The van der Waals surface area contributed by atoms with E-state index < -0.39 is 0 Å². The summed E-state index contributed by atoms with van der Waals surface area (Å²) in [6.45, 7) is 2.06. The first-order chi connectivity index (χ1) is 9.10. The van der Waals surface area contributed by atoms with E-state index in [9.17, 15) is 9.59 Å².